The molecule has 124 valence electrons. The summed E-state index contributed by atoms with van der Waals surface area (Å²) < 4.78 is 0. The number of H-pyrrole nitrogens is 1. The second kappa shape index (κ2) is 5.92. The normalized spacial score (nSPS) is 24.3. The zero-order valence-corrected chi connectivity index (χ0v) is 13.7. The topological polar surface area (TPSA) is 105 Å². The summed E-state index contributed by atoms with van der Waals surface area (Å²) in [4.78, 5) is 9.26. The van der Waals surface area contributed by atoms with Crippen molar-refractivity contribution in [3.05, 3.63) is 36.3 Å². The van der Waals surface area contributed by atoms with Crippen molar-refractivity contribution in [2.45, 2.75) is 37.3 Å². The van der Waals surface area contributed by atoms with Gasteiger partial charge in [0.1, 0.15) is 16.9 Å². The Morgan fingerprint density at radius 2 is 2.04 bits per heavy atom. The van der Waals surface area contributed by atoms with E-state index in [9.17, 15) is 0 Å². The van der Waals surface area contributed by atoms with Gasteiger partial charge in [-0.3, -0.25) is 0 Å². The zero-order chi connectivity index (χ0) is 16.6. The van der Waals surface area contributed by atoms with Crippen LogP contribution >= 0.6 is 0 Å². The van der Waals surface area contributed by atoms with E-state index in [4.69, 9.17) is 10.7 Å². The van der Waals surface area contributed by atoms with Gasteiger partial charge in [0.25, 0.3) is 0 Å². The summed E-state index contributed by atoms with van der Waals surface area (Å²) >= 11 is 0. The van der Waals surface area contributed by atoms with E-state index in [2.05, 4.69) is 25.7 Å². The van der Waals surface area contributed by atoms with Crippen LogP contribution in [0, 0.1) is 0 Å². The first kappa shape index (κ1) is 15.2. The smallest absolute Gasteiger partial charge is 0.148 e. The monoisotopic (exact) mass is 323 g/mol. The number of nitrogens with zero attached hydrogens (tertiary/aromatic N) is 4. The molecule has 4 N–H and O–H groups in total. The Morgan fingerprint density at radius 3 is 2.83 bits per heavy atom. The lowest BCUT2D eigenvalue weighted by Gasteiger charge is -2.35. The maximum absolute atomic E-state index is 6.65. The molecule has 0 aliphatic heterocycles. The molecule has 7 nitrogen and oxygen atoms in total. The molecule has 2 heterocycles. The molecule has 0 radical (unpaired) electrons. The molecule has 2 aromatic heterocycles. The van der Waals surface area contributed by atoms with Crippen molar-refractivity contribution in [2.75, 3.05) is 7.05 Å². The highest BCUT2D eigenvalue weighted by molar-refractivity contribution is 5.89. The van der Waals surface area contributed by atoms with Crippen molar-refractivity contribution in [3.8, 4) is 11.3 Å². The van der Waals surface area contributed by atoms with Gasteiger partial charge >= 0.3 is 0 Å². The van der Waals surface area contributed by atoms with Crippen LogP contribution in [0.25, 0.3) is 22.3 Å². The summed E-state index contributed by atoms with van der Waals surface area (Å²) in [6.45, 7) is 0. The van der Waals surface area contributed by atoms with Gasteiger partial charge in [0.2, 0.25) is 0 Å². The fourth-order valence-electron chi connectivity index (χ4n) is 3.47. The molecule has 0 bridgehead atoms. The Labute approximate surface area is 140 Å². The van der Waals surface area contributed by atoms with Crippen LogP contribution in [0.4, 0.5) is 0 Å². The van der Waals surface area contributed by atoms with Crippen LogP contribution in [0.5, 0.6) is 0 Å². The average Bonchev–Trinajstić information content (AvgIpc) is 3.11. The Kier molecular flexibility index (Phi) is 3.74. The molecule has 7 heteroatoms. The van der Waals surface area contributed by atoms with Crippen LogP contribution in [-0.2, 0) is 5.54 Å². The fourth-order valence-corrected chi connectivity index (χ4v) is 3.47. The van der Waals surface area contributed by atoms with E-state index in [1.807, 2.05) is 31.3 Å². The van der Waals surface area contributed by atoms with E-state index in [0.29, 0.717) is 6.04 Å². The second-order valence-electron chi connectivity index (χ2n) is 6.48. The van der Waals surface area contributed by atoms with Crippen molar-refractivity contribution in [2.24, 2.45) is 5.73 Å². The van der Waals surface area contributed by atoms with Crippen LogP contribution in [0.3, 0.4) is 0 Å². The van der Waals surface area contributed by atoms with Crippen molar-refractivity contribution < 1.29 is 0 Å². The van der Waals surface area contributed by atoms with E-state index in [1.165, 1.54) is 0 Å². The highest BCUT2D eigenvalue weighted by atomic mass is 15.3. The van der Waals surface area contributed by atoms with E-state index >= 15 is 0 Å². The summed E-state index contributed by atoms with van der Waals surface area (Å²) in [5.41, 5.74) is 9.60. The minimum atomic E-state index is -0.457. The Morgan fingerprint density at radius 1 is 1.21 bits per heavy atom. The lowest BCUT2D eigenvalue weighted by atomic mass is 9.79. The standard InChI is InChI=1S/C17H21N7/c1-19-11-5-8-17(18,9-6-11)16-20-10-7-13(21-16)12-3-2-4-14-15(12)23-24-22-14/h2-4,7,10-11,19H,5-6,8-9,18H2,1H3,(H,22,23,24). The molecule has 0 spiro atoms. The predicted molar refractivity (Wildman–Crippen MR) is 92.1 cm³/mol. The van der Waals surface area contributed by atoms with E-state index in [-0.39, 0.29) is 0 Å². The molecule has 0 unspecified atom stereocenters. The number of nitrogens with one attached hydrogen (secondary N) is 2. The van der Waals surface area contributed by atoms with Crippen LogP contribution in [0.2, 0.25) is 0 Å². The maximum Gasteiger partial charge on any atom is 0.148 e. The lowest BCUT2D eigenvalue weighted by molar-refractivity contribution is 0.248. The van der Waals surface area contributed by atoms with Gasteiger partial charge in [-0.25, -0.2) is 9.97 Å². The summed E-state index contributed by atoms with van der Waals surface area (Å²) in [7, 11) is 2.00. The van der Waals surface area contributed by atoms with Gasteiger partial charge < -0.3 is 11.1 Å². The highest BCUT2D eigenvalue weighted by Crippen LogP contribution is 2.34. The second-order valence-corrected chi connectivity index (χ2v) is 6.48. The predicted octanol–water partition coefficient (Wildman–Crippen LogP) is 1.73. The van der Waals surface area contributed by atoms with Gasteiger partial charge in [0, 0.05) is 17.8 Å². The third kappa shape index (κ3) is 2.55. The molecule has 1 aliphatic rings. The number of aromatic nitrogens is 5. The SMILES string of the molecule is CNC1CCC(N)(c2nccc(-c3cccc4n[nH]nc34)n2)CC1. The number of para-hydroxylation sites is 1. The first-order valence-corrected chi connectivity index (χ1v) is 8.29. The van der Waals surface area contributed by atoms with Gasteiger partial charge in [-0.05, 0) is 44.9 Å². The van der Waals surface area contributed by atoms with Crippen molar-refractivity contribution >= 4 is 11.0 Å². The minimum Gasteiger partial charge on any atom is -0.319 e. The highest BCUT2D eigenvalue weighted by Gasteiger charge is 2.35. The molecule has 3 aromatic rings. The number of fused-ring (bicyclic) bond motifs is 1. The minimum absolute atomic E-state index is 0.457. The summed E-state index contributed by atoms with van der Waals surface area (Å²) in [6, 6.07) is 8.31. The van der Waals surface area contributed by atoms with Crippen molar-refractivity contribution in [1.29, 1.82) is 0 Å². The number of rotatable bonds is 3. The van der Waals surface area contributed by atoms with E-state index < -0.39 is 5.54 Å². The number of benzene rings is 1. The molecule has 1 aliphatic carbocycles. The Balaban J connectivity index is 1.71. The number of aromatic amines is 1. The molecule has 0 amide bonds. The van der Waals surface area contributed by atoms with Gasteiger partial charge in [-0.15, -0.1) is 0 Å². The Hall–Kier alpha value is -2.38. The number of hydrogen-bond donors (Lipinski definition) is 3. The molecular formula is C17H21N7. The molecule has 1 aromatic carbocycles. The van der Waals surface area contributed by atoms with Gasteiger partial charge in [-0.2, -0.15) is 15.4 Å². The molecule has 0 saturated heterocycles. The quantitative estimate of drug-likeness (QED) is 0.678. The van der Waals surface area contributed by atoms with Gasteiger partial charge in [0.05, 0.1) is 11.2 Å². The Bertz CT molecular complexity index is 849. The zero-order valence-electron chi connectivity index (χ0n) is 13.7. The molecule has 4 rings (SSSR count). The van der Waals surface area contributed by atoms with E-state index in [1.54, 1.807) is 6.20 Å². The summed E-state index contributed by atoms with van der Waals surface area (Å²) in [6.07, 6.45) is 5.64. The number of hydrogen-bond acceptors (Lipinski definition) is 6. The third-order valence-electron chi connectivity index (χ3n) is 5.01. The first-order chi connectivity index (χ1) is 11.7. The van der Waals surface area contributed by atoms with Crippen LogP contribution in [0.1, 0.15) is 31.5 Å². The first-order valence-electron chi connectivity index (χ1n) is 8.29. The van der Waals surface area contributed by atoms with Crippen LogP contribution < -0.4 is 11.1 Å². The largest absolute Gasteiger partial charge is 0.319 e. The van der Waals surface area contributed by atoms with Crippen LogP contribution in [0.15, 0.2) is 30.5 Å². The molecule has 24 heavy (non-hydrogen) atoms. The van der Waals surface area contributed by atoms with Crippen molar-refractivity contribution in [3.63, 3.8) is 0 Å². The maximum atomic E-state index is 6.65. The average molecular weight is 323 g/mol. The van der Waals surface area contributed by atoms with Gasteiger partial charge in [-0.1, -0.05) is 12.1 Å². The van der Waals surface area contributed by atoms with Crippen molar-refractivity contribution in [1.82, 2.24) is 30.7 Å². The van der Waals surface area contributed by atoms with Crippen LogP contribution in [-0.4, -0.2) is 38.5 Å². The summed E-state index contributed by atoms with van der Waals surface area (Å²) in [5.74, 6) is 0.718. The fraction of sp³-hybridized carbons (Fsp3) is 0.412. The molecule has 0 atom stereocenters. The molecule has 1 fully saturated rings. The van der Waals surface area contributed by atoms with Gasteiger partial charge in [0.15, 0.2) is 0 Å². The lowest BCUT2D eigenvalue weighted by Crippen LogP contribution is -2.45. The molecule has 1 saturated carbocycles. The molecular weight excluding hydrogens is 302 g/mol. The third-order valence-corrected chi connectivity index (χ3v) is 5.01. The number of nitrogens with two attached hydrogens (primary N) is 1. The summed E-state index contributed by atoms with van der Waals surface area (Å²) in [5, 5.41) is 14.4. The van der Waals surface area contributed by atoms with E-state index in [0.717, 1.165) is 53.8 Å².